The Balaban J connectivity index is 1.79. The Bertz CT molecular complexity index is 929. The highest BCUT2D eigenvalue weighted by molar-refractivity contribution is 5.94. The molecule has 1 amide bonds. The van der Waals surface area contributed by atoms with Crippen LogP contribution in [0.2, 0.25) is 0 Å². The summed E-state index contributed by atoms with van der Waals surface area (Å²) < 4.78 is 5.40. The molecule has 0 saturated carbocycles. The molecule has 23 heavy (non-hydrogen) atoms. The summed E-state index contributed by atoms with van der Waals surface area (Å²) in [5.41, 5.74) is 3.54. The van der Waals surface area contributed by atoms with E-state index in [2.05, 4.69) is 20.3 Å². The molecule has 3 rings (SSSR count). The van der Waals surface area contributed by atoms with E-state index in [1.54, 1.807) is 39.0 Å². The number of hydrogen-bond acceptors (Lipinski definition) is 5. The molecule has 0 aliphatic rings. The van der Waals surface area contributed by atoms with E-state index in [0.29, 0.717) is 34.1 Å². The number of benzene rings is 1. The lowest BCUT2D eigenvalue weighted by Crippen LogP contribution is -2.21. The maximum absolute atomic E-state index is 12.2. The molecule has 118 valence electrons. The lowest BCUT2D eigenvalue weighted by molar-refractivity contribution is -0.115. The number of anilines is 1. The highest BCUT2D eigenvalue weighted by Gasteiger charge is 2.12. The number of nitrogens with zero attached hydrogens (tertiary/aromatic N) is 2. The number of amides is 1. The van der Waals surface area contributed by atoms with Crippen molar-refractivity contribution in [3.63, 3.8) is 0 Å². The smallest absolute Gasteiger partial charge is 0.345 e. The van der Waals surface area contributed by atoms with Crippen molar-refractivity contribution in [2.75, 3.05) is 5.32 Å². The summed E-state index contributed by atoms with van der Waals surface area (Å²) >= 11 is 0. The Labute approximate surface area is 131 Å². The molecule has 3 aromatic rings. The molecular formula is C16H16N4O3. The minimum absolute atomic E-state index is 0.136. The SMILES string of the molecule is Cc1nc2cc(NC(=O)Cc3c(C)nc(=O)[nH]c3C)ccc2o1. The number of nitrogens with one attached hydrogen (secondary N) is 2. The standard InChI is InChI=1S/C16H16N4O3/c1-8-12(9(2)18-16(22)17-8)7-15(21)20-11-4-5-14-13(6-11)19-10(3)23-14/h4-6H,7H2,1-3H3,(H,20,21)(H,17,18,22). The normalized spacial score (nSPS) is 10.9. The molecule has 2 heterocycles. The summed E-state index contributed by atoms with van der Waals surface area (Å²) in [5.74, 6) is 0.388. The number of hydrogen-bond donors (Lipinski definition) is 2. The predicted molar refractivity (Wildman–Crippen MR) is 85.4 cm³/mol. The number of aryl methyl sites for hydroxylation is 3. The number of rotatable bonds is 3. The first kappa shape index (κ1) is 15.0. The molecule has 0 atom stereocenters. The molecule has 0 radical (unpaired) electrons. The van der Waals surface area contributed by atoms with Crippen LogP contribution < -0.4 is 11.0 Å². The van der Waals surface area contributed by atoms with Crippen molar-refractivity contribution < 1.29 is 9.21 Å². The zero-order chi connectivity index (χ0) is 16.6. The highest BCUT2D eigenvalue weighted by Crippen LogP contribution is 2.20. The van der Waals surface area contributed by atoms with E-state index in [4.69, 9.17) is 4.42 Å². The number of H-pyrrole nitrogens is 1. The number of fused-ring (bicyclic) bond motifs is 1. The minimum Gasteiger partial charge on any atom is -0.441 e. The van der Waals surface area contributed by atoms with E-state index in [1.807, 2.05) is 0 Å². The van der Waals surface area contributed by atoms with Crippen LogP contribution in [0.3, 0.4) is 0 Å². The molecule has 2 aromatic heterocycles. The van der Waals surface area contributed by atoms with Crippen LogP contribution in [0.5, 0.6) is 0 Å². The summed E-state index contributed by atoms with van der Waals surface area (Å²) in [4.78, 5) is 34.2. The topological polar surface area (TPSA) is 101 Å². The second-order valence-electron chi connectivity index (χ2n) is 5.37. The number of oxazole rings is 1. The molecule has 0 saturated heterocycles. The van der Waals surface area contributed by atoms with Gasteiger partial charge in [-0.05, 0) is 32.0 Å². The number of aromatic nitrogens is 3. The average Bonchev–Trinajstić information content (AvgIpc) is 2.82. The van der Waals surface area contributed by atoms with E-state index in [9.17, 15) is 9.59 Å². The molecule has 0 spiro atoms. The zero-order valence-electron chi connectivity index (χ0n) is 13.1. The molecule has 7 heteroatoms. The molecule has 7 nitrogen and oxygen atoms in total. The highest BCUT2D eigenvalue weighted by atomic mass is 16.3. The minimum atomic E-state index is -0.406. The van der Waals surface area contributed by atoms with Gasteiger partial charge in [-0.25, -0.2) is 9.78 Å². The fraction of sp³-hybridized carbons (Fsp3) is 0.250. The molecule has 0 aliphatic heterocycles. The third kappa shape index (κ3) is 3.13. The van der Waals surface area contributed by atoms with Crippen LogP contribution in [0.1, 0.15) is 22.8 Å². The van der Waals surface area contributed by atoms with Crippen LogP contribution in [0.25, 0.3) is 11.1 Å². The summed E-state index contributed by atoms with van der Waals surface area (Å²) in [7, 11) is 0. The average molecular weight is 312 g/mol. The van der Waals surface area contributed by atoms with Gasteiger partial charge in [0.15, 0.2) is 11.5 Å². The second kappa shape index (κ2) is 5.68. The lowest BCUT2D eigenvalue weighted by Gasteiger charge is -2.09. The van der Waals surface area contributed by atoms with Crippen molar-refractivity contribution in [2.24, 2.45) is 0 Å². The number of aromatic amines is 1. The molecular weight excluding hydrogens is 296 g/mol. The largest absolute Gasteiger partial charge is 0.441 e. The fourth-order valence-corrected chi connectivity index (χ4v) is 2.50. The van der Waals surface area contributed by atoms with E-state index >= 15 is 0 Å². The van der Waals surface area contributed by atoms with Crippen molar-refractivity contribution in [1.82, 2.24) is 15.0 Å². The molecule has 0 unspecified atom stereocenters. The molecule has 1 aromatic carbocycles. The van der Waals surface area contributed by atoms with Crippen molar-refractivity contribution in [3.05, 3.63) is 51.5 Å². The van der Waals surface area contributed by atoms with Gasteiger partial charge in [0.25, 0.3) is 0 Å². The first-order valence-electron chi connectivity index (χ1n) is 7.16. The molecule has 0 fully saturated rings. The maximum atomic E-state index is 12.2. The van der Waals surface area contributed by atoms with Gasteiger partial charge >= 0.3 is 5.69 Å². The third-order valence-electron chi connectivity index (χ3n) is 3.57. The van der Waals surface area contributed by atoms with Gasteiger partial charge in [0.05, 0.1) is 6.42 Å². The monoisotopic (exact) mass is 312 g/mol. The zero-order valence-corrected chi connectivity index (χ0v) is 13.1. The quantitative estimate of drug-likeness (QED) is 0.770. The summed E-state index contributed by atoms with van der Waals surface area (Å²) in [6, 6.07) is 5.28. The van der Waals surface area contributed by atoms with Gasteiger partial charge in [0.1, 0.15) is 5.52 Å². The Morgan fingerprint density at radius 3 is 2.78 bits per heavy atom. The fourth-order valence-electron chi connectivity index (χ4n) is 2.50. The third-order valence-corrected chi connectivity index (χ3v) is 3.57. The van der Waals surface area contributed by atoms with Gasteiger partial charge in [-0.15, -0.1) is 0 Å². The van der Waals surface area contributed by atoms with Crippen molar-refractivity contribution in [2.45, 2.75) is 27.2 Å². The Hall–Kier alpha value is -2.96. The van der Waals surface area contributed by atoms with Gasteiger partial charge in [-0.3, -0.25) is 4.79 Å². The first-order chi connectivity index (χ1) is 10.9. The maximum Gasteiger partial charge on any atom is 0.345 e. The van der Waals surface area contributed by atoms with Gasteiger partial charge in [0, 0.05) is 29.6 Å². The van der Waals surface area contributed by atoms with E-state index in [0.717, 1.165) is 5.56 Å². The second-order valence-corrected chi connectivity index (χ2v) is 5.37. The van der Waals surface area contributed by atoms with Gasteiger partial charge in [0.2, 0.25) is 5.91 Å². The number of carbonyl (C=O) groups excluding carboxylic acids is 1. The van der Waals surface area contributed by atoms with Crippen LogP contribution in [-0.2, 0) is 11.2 Å². The summed E-state index contributed by atoms with van der Waals surface area (Å²) in [6.45, 7) is 5.24. The van der Waals surface area contributed by atoms with E-state index in [-0.39, 0.29) is 12.3 Å². The van der Waals surface area contributed by atoms with E-state index in [1.165, 1.54) is 0 Å². The Morgan fingerprint density at radius 2 is 2.04 bits per heavy atom. The molecule has 2 N–H and O–H groups in total. The summed E-state index contributed by atoms with van der Waals surface area (Å²) in [5, 5.41) is 2.82. The van der Waals surface area contributed by atoms with Gasteiger partial charge in [-0.2, -0.15) is 4.98 Å². The van der Waals surface area contributed by atoms with Crippen LogP contribution in [0, 0.1) is 20.8 Å². The first-order valence-corrected chi connectivity index (χ1v) is 7.16. The van der Waals surface area contributed by atoms with Crippen molar-refractivity contribution in [1.29, 1.82) is 0 Å². The van der Waals surface area contributed by atoms with Crippen LogP contribution in [0.4, 0.5) is 5.69 Å². The number of carbonyl (C=O) groups is 1. The van der Waals surface area contributed by atoms with Crippen molar-refractivity contribution in [3.8, 4) is 0 Å². The van der Waals surface area contributed by atoms with Crippen molar-refractivity contribution >= 4 is 22.7 Å². The summed E-state index contributed by atoms with van der Waals surface area (Å²) in [6.07, 6.45) is 0.136. The lowest BCUT2D eigenvalue weighted by atomic mass is 10.1. The Morgan fingerprint density at radius 1 is 1.26 bits per heavy atom. The van der Waals surface area contributed by atoms with Crippen LogP contribution >= 0.6 is 0 Å². The van der Waals surface area contributed by atoms with Crippen LogP contribution in [-0.4, -0.2) is 20.9 Å². The van der Waals surface area contributed by atoms with E-state index < -0.39 is 5.69 Å². The van der Waals surface area contributed by atoms with Gasteiger partial charge < -0.3 is 14.7 Å². The van der Waals surface area contributed by atoms with Crippen LogP contribution in [0.15, 0.2) is 27.4 Å². The Kier molecular flexibility index (Phi) is 3.69. The molecule has 0 bridgehead atoms. The molecule has 0 aliphatic carbocycles. The predicted octanol–water partition coefficient (Wildman–Crippen LogP) is 2.02. The van der Waals surface area contributed by atoms with Gasteiger partial charge in [-0.1, -0.05) is 0 Å².